The van der Waals surface area contributed by atoms with E-state index in [-0.39, 0.29) is 5.82 Å². The minimum atomic E-state index is -0.273. The Balaban J connectivity index is 1.91. The van der Waals surface area contributed by atoms with E-state index in [9.17, 15) is 4.39 Å². The second-order valence-electron chi connectivity index (χ2n) is 3.29. The Kier molecular flexibility index (Phi) is 3.34. The molecule has 1 aliphatic rings. The summed E-state index contributed by atoms with van der Waals surface area (Å²) in [4.78, 5) is 0. The molecule has 1 aromatic rings. The van der Waals surface area contributed by atoms with Gasteiger partial charge in [0.05, 0.1) is 11.1 Å². The minimum Gasteiger partial charge on any atom is -0.493 e. The highest BCUT2D eigenvalue weighted by Gasteiger charge is 2.18. The third-order valence-corrected chi connectivity index (χ3v) is 4.14. The fourth-order valence-corrected chi connectivity index (χ4v) is 2.17. The molecule has 0 saturated carbocycles. The van der Waals surface area contributed by atoms with Gasteiger partial charge >= 0.3 is 0 Å². The van der Waals surface area contributed by atoms with Crippen LogP contribution in [0.5, 0.6) is 5.75 Å². The van der Waals surface area contributed by atoms with Gasteiger partial charge in [-0.1, -0.05) is 0 Å². The highest BCUT2D eigenvalue weighted by atomic mass is 79.9. The first kappa shape index (κ1) is 10.3. The summed E-state index contributed by atoms with van der Waals surface area (Å²) in [6.07, 6.45) is 0. The molecule has 1 heterocycles. The molecule has 0 bridgehead atoms. The van der Waals surface area contributed by atoms with Crippen molar-refractivity contribution in [3.05, 3.63) is 28.5 Å². The molecule has 0 aliphatic carbocycles. The van der Waals surface area contributed by atoms with Crippen LogP contribution in [0.1, 0.15) is 0 Å². The highest BCUT2D eigenvalue weighted by molar-refractivity contribution is 9.10. The van der Waals surface area contributed by atoms with E-state index in [1.807, 2.05) is 11.8 Å². The lowest BCUT2D eigenvalue weighted by Gasteiger charge is -2.24. The SMILES string of the molecule is Fc1cc(OCC2CSC2)ccc1Br. The minimum absolute atomic E-state index is 0.273. The van der Waals surface area contributed by atoms with Gasteiger partial charge in [0.25, 0.3) is 0 Å². The molecule has 1 saturated heterocycles. The van der Waals surface area contributed by atoms with Crippen LogP contribution in [0.15, 0.2) is 22.7 Å². The van der Waals surface area contributed by atoms with Crippen molar-refractivity contribution in [2.75, 3.05) is 18.1 Å². The first-order valence-corrected chi connectivity index (χ1v) is 6.36. The lowest BCUT2D eigenvalue weighted by molar-refractivity contribution is 0.269. The van der Waals surface area contributed by atoms with Crippen molar-refractivity contribution < 1.29 is 9.13 Å². The van der Waals surface area contributed by atoms with Gasteiger partial charge in [0.2, 0.25) is 0 Å². The lowest BCUT2D eigenvalue weighted by Crippen LogP contribution is -2.25. The largest absolute Gasteiger partial charge is 0.493 e. The molecule has 0 aromatic heterocycles. The van der Waals surface area contributed by atoms with E-state index in [1.54, 1.807) is 12.1 Å². The molecular formula is C10H10BrFOS. The van der Waals surface area contributed by atoms with Crippen molar-refractivity contribution in [3.8, 4) is 5.75 Å². The van der Waals surface area contributed by atoms with Crippen molar-refractivity contribution in [1.29, 1.82) is 0 Å². The van der Waals surface area contributed by atoms with Gasteiger partial charge in [-0.05, 0) is 28.1 Å². The standard InChI is InChI=1S/C10H10BrFOS/c11-9-2-1-8(3-10(9)12)13-4-7-5-14-6-7/h1-3,7H,4-6H2. The topological polar surface area (TPSA) is 9.23 Å². The zero-order chi connectivity index (χ0) is 9.97. The zero-order valence-electron chi connectivity index (χ0n) is 7.50. The van der Waals surface area contributed by atoms with Crippen LogP contribution in [-0.2, 0) is 0 Å². The smallest absolute Gasteiger partial charge is 0.141 e. The summed E-state index contributed by atoms with van der Waals surface area (Å²) < 4.78 is 19.0. The van der Waals surface area contributed by atoms with Crippen molar-refractivity contribution in [2.24, 2.45) is 5.92 Å². The molecule has 1 fully saturated rings. The lowest BCUT2D eigenvalue weighted by atomic mass is 10.2. The van der Waals surface area contributed by atoms with Crippen molar-refractivity contribution in [2.45, 2.75) is 0 Å². The van der Waals surface area contributed by atoms with Gasteiger partial charge in [0.15, 0.2) is 0 Å². The number of thioether (sulfide) groups is 1. The zero-order valence-corrected chi connectivity index (χ0v) is 9.91. The fraction of sp³-hybridized carbons (Fsp3) is 0.400. The third kappa shape index (κ3) is 2.42. The summed E-state index contributed by atoms with van der Waals surface area (Å²) in [7, 11) is 0. The molecule has 76 valence electrons. The summed E-state index contributed by atoms with van der Waals surface area (Å²) in [5, 5.41) is 0. The normalized spacial score (nSPS) is 16.4. The van der Waals surface area contributed by atoms with Gasteiger partial charge in [-0.2, -0.15) is 11.8 Å². The summed E-state index contributed by atoms with van der Waals surface area (Å²) >= 11 is 5.02. The molecule has 0 radical (unpaired) electrons. The monoisotopic (exact) mass is 276 g/mol. The highest BCUT2D eigenvalue weighted by Crippen LogP contribution is 2.26. The molecule has 2 rings (SSSR count). The van der Waals surface area contributed by atoms with Gasteiger partial charge in [-0.3, -0.25) is 0 Å². The van der Waals surface area contributed by atoms with Crippen molar-refractivity contribution >= 4 is 27.7 Å². The molecule has 0 spiro atoms. The van der Waals surface area contributed by atoms with E-state index < -0.39 is 0 Å². The third-order valence-electron chi connectivity index (χ3n) is 2.08. The summed E-state index contributed by atoms with van der Waals surface area (Å²) in [5.74, 6) is 3.32. The average Bonchev–Trinajstić information content (AvgIpc) is 2.08. The van der Waals surface area contributed by atoms with E-state index in [1.165, 1.54) is 17.6 Å². The average molecular weight is 277 g/mol. The van der Waals surface area contributed by atoms with Crippen LogP contribution in [0.3, 0.4) is 0 Å². The van der Waals surface area contributed by atoms with E-state index in [2.05, 4.69) is 15.9 Å². The van der Waals surface area contributed by atoms with E-state index >= 15 is 0 Å². The van der Waals surface area contributed by atoms with Crippen LogP contribution >= 0.6 is 27.7 Å². The first-order valence-electron chi connectivity index (χ1n) is 4.41. The Hall–Kier alpha value is -0.220. The van der Waals surface area contributed by atoms with Gasteiger partial charge in [0.1, 0.15) is 11.6 Å². The van der Waals surface area contributed by atoms with E-state index in [0.717, 1.165) is 0 Å². The molecular weight excluding hydrogens is 267 g/mol. The number of benzene rings is 1. The van der Waals surface area contributed by atoms with E-state index in [4.69, 9.17) is 4.74 Å². The molecule has 0 unspecified atom stereocenters. The van der Waals surface area contributed by atoms with E-state index in [0.29, 0.717) is 22.7 Å². The molecule has 0 N–H and O–H groups in total. The quantitative estimate of drug-likeness (QED) is 0.838. The van der Waals surface area contributed by atoms with Crippen LogP contribution in [0, 0.1) is 11.7 Å². The Morgan fingerprint density at radius 3 is 2.86 bits per heavy atom. The molecule has 0 amide bonds. The second kappa shape index (κ2) is 4.53. The number of hydrogen-bond donors (Lipinski definition) is 0. The molecule has 0 atom stereocenters. The predicted molar refractivity (Wildman–Crippen MR) is 60.4 cm³/mol. The fourth-order valence-electron chi connectivity index (χ4n) is 1.16. The van der Waals surface area contributed by atoms with Crippen LogP contribution < -0.4 is 4.74 Å². The number of halogens is 2. The van der Waals surface area contributed by atoms with Gasteiger partial charge in [-0.25, -0.2) is 4.39 Å². The molecule has 14 heavy (non-hydrogen) atoms. The molecule has 1 nitrogen and oxygen atoms in total. The second-order valence-corrected chi connectivity index (χ2v) is 5.22. The number of rotatable bonds is 3. The summed E-state index contributed by atoms with van der Waals surface area (Å²) in [6.45, 7) is 0.702. The van der Waals surface area contributed by atoms with Crippen LogP contribution in [-0.4, -0.2) is 18.1 Å². The Morgan fingerprint density at radius 2 is 2.29 bits per heavy atom. The van der Waals surface area contributed by atoms with Crippen molar-refractivity contribution in [3.63, 3.8) is 0 Å². The Labute approximate surface area is 95.2 Å². The Bertz CT molecular complexity index is 328. The van der Waals surface area contributed by atoms with Gasteiger partial charge < -0.3 is 4.74 Å². The predicted octanol–water partition coefficient (Wildman–Crippen LogP) is 3.33. The summed E-state index contributed by atoms with van der Waals surface area (Å²) in [5.41, 5.74) is 0. The van der Waals surface area contributed by atoms with Crippen molar-refractivity contribution in [1.82, 2.24) is 0 Å². The summed E-state index contributed by atoms with van der Waals surface area (Å²) in [6, 6.07) is 4.86. The maximum Gasteiger partial charge on any atom is 0.141 e. The molecule has 4 heteroatoms. The first-order chi connectivity index (χ1) is 6.75. The van der Waals surface area contributed by atoms with Crippen LogP contribution in [0.25, 0.3) is 0 Å². The number of hydrogen-bond acceptors (Lipinski definition) is 2. The van der Waals surface area contributed by atoms with Crippen LogP contribution in [0.4, 0.5) is 4.39 Å². The van der Waals surface area contributed by atoms with Crippen LogP contribution in [0.2, 0.25) is 0 Å². The Morgan fingerprint density at radius 1 is 1.50 bits per heavy atom. The number of ether oxygens (including phenoxy) is 1. The maximum atomic E-state index is 13.1. The van der Waals surface area contributed by atoms with Gasteiger partial charge in [-0.15, -0.1) is 0 Å². The van der Waals surface area contributed by atoms with Gasteiger partial charge in [0, 0.05) is 23.5 Å². The molecule has 1 aromatic carbocycles. The molecule has 1 aliphatic heterocycles. The maximum absolute atomic E-state index is 13.1.